The van der Waals surface area contributed by atoms with Gasteiger partial charge in [0.1, 0.15) is 11.3 Å². The second-order valence-electron chi connectivity index (χ2n) is 5.00. The number of benzene rings is 2. The summed E-state index contributed by atoms with van der Waals surface area (Å²) in [5, 5.41) is 0. The molecule has 0 saturated heterocycles. The fraction of sp³-hybridized carbons (Fsp3) is 0.222. The molecule has 0 aliphatic carbocycles. The van der Waals surface area contributed by atoms with Crippen molar-refractivity contribution >= 4 is 11.8 Å². The van der Waals surface area contributed by atoms with Gasteiger partial charge in [0.15, 0.2) is 23.9 Å². The summed E-state index contributed by atoms with van der Waals surface area (Å²) in [5.74, 6) is 0.604. The first-order chi connectivity index (χ1) is 11.7. The van der Waals surface area contributed by atoms with Gasteiger partial charge in [0, 0.05) is 5.56 Å². The van der Waals surface area contributed by atoms with Crippen molar-refractivity contribution in [3.63, 3.8) is 0 Å². The molecule has 1 heterocycles. The first-order valence-electron chi connectivity index (χ1n) is 7.51. The van der Waals surface area contributed by atoms with Gasteiger partial charge in [0.05, 0.1) is 6.61 Å². The van der Waals surface area contributed by atoms with Gasteiger partial charge in [-0.3, -0.25) is 4.79 Å². The Balaban J connectivity index is 1.65. The highest BCUT2D eigenvalue weighted by Gasteiger charge is 2.19. The number of hydrogen-bond donors (Lipinski definition) is 0. The van der Waals surface area contributed by atoms with Crippen molar-refractivity contribution in [2.24, 2.45) is 0 Å². The molecule has 0 aromatic heterocycles. The Morgan fingerprint density at radius 1 is 1.08 bits per heavy atom. The Labute approximate surface area is 138 Å². The number of para-hydroxylation sites is 1. The third-order valence-corrected chi connectivity index (χ3v) is 3.44. The SMILES string of the molecule is CCOc1ccccc1C(=O)OCC(=O)c1ccc2c(c1)OCO2. The quantitative estimate of drug-likeness (QED) is 0.600. The molecule has 2 aromatic rings. The summed E-state index contributed by atoms with van der Waals surface area (Å²) in [4.78, 5) is 24.4. The standard InChI is InChI=1S/C18H16O6/c1-2-21-15-6-4-3-5-13(15)18(20)22-10-14(19)12-7-8-16-17(9-12)24-11-23-16/h3-9H,2,10-11H2,1H3. The number of carbonyl (C=O) groups is 2. The molecule has 0 bridgehead atoms. The van der Waals surface area contributed by atoms with Crippen LogP contribution in [-0.2, 0) is 4.74 Å². The van der Waals surface area contributed by atoms with Gasteiger partial charge >= 0.3 is 5.97 Å². The van der Waals surface area contributed by atoms with Crippen LogP contribution in [0.15, 0.2) is 42.5 Å². The number of esters is 1. The molecule has 24 heavy (non-hydrogen) atoms. The zero-order valence-corrected chi connectivity index (χ0v) is 13.1. The molecule has 0 saturated carbocycles. The number of rotatable bonds is 6. The van der Waals surface area contributed by atoms with Crippen LogP contribution in [0.4, 0.5) is 0 Å². The lowest BCUT2D eigenvalue weighted by Crippen LogP contribution is -2.15. The third-order valence-electron chi connectivity index (χ3n) is 3.44. The highest BCUT2D eigenvalue weighted by atomic mass is 16.7. The Bertz CT molecular complexity index is 768. The maximum absolute atomic E-state index is 12.2. The molecule has 1 aliphatic rings. The molecule has 0 unspecified atom stereocenters. The number of fused-ring (bicyclic) bond motifs is 1. The Morgan fingerprint density at radius 3 is 2.71 bits per heavy atom. The molecule has 6 nitrogen and oxygen atoms in total. The minimum atomic E-state index is -0.604. The molecule has 2 aromatic carbocycles. The smallest absolute Gasteiger partial charge is 0.342 e. The van der Waals surface area contributed by atoms with Crippen LogP contribution in [0.1, 0.15) is 27.6 Å². The summed E-state index contributed by atoms with van der Waals surface area (Å²) in [5.41, 5.74) is 0.683. The predicted octanol–water partition coefficient (Wildman–Crippen LogP) is 2.85. The van der Waals surface area contributed by atoms with E-state index in [0.717, 1.165) is 0 Å². The van der Waals surface area contributed by atoms with Gasteiger partial charge in [0.2, 0.25) is 6.79 Å². The number of hydrogen-bond acceptors (Lipinski definition) is 6. The number of ketones is 1. The van der Waals surface area contributed by atoms with E-state index in [1.165, 1.54) is 0 Å². The molecule has 0 radical (unpaired) electrons. The Hall–Kier alpha value is -3.02. The normalized spacial score (nSPS) is 11.9. The molecule has 0 spiro atoms. The summed E-state index contributed by atoms with van der Waals surface area (Å²) >= 11 is 0. The highest BCUT2D eigenvalue weighted by Crippen LogP contribution is 2.32. The fourth-order valence-corrected chi connectivity index (χ4v) is 2.28. The van der Waals surface area contributed by atoms with Crippen molar-refractivity contribution in [1.82, 2.24) is 0 Å². The van der Waals surface area contributed by atoms with Crippen molar-refractivity contribution in [2.75, 3.05) is 20.0 Å². The van der Waals surface area contributed by atoms with Gasteiger partial charge in [-0.1, -0.05) is 12.1 Å². The molecular formula is C18H16O6. The Morgan fingerprint density at radius 2 is 1.88 bits per heavy atom. The Kier molecular flexibility index (Phi) is 4.65. The number of carbonyl (C=O) groups excluding carboxylic acids is 2. The van der Waals surface area contributed by atoms with Crippen LogP contribution in [0.5, 0.6) is 17.2 Å². The molecule has 3 rings (SSSR count). The van der Waals surface area contributed by atoms with E-state index in [2.05, 4.69) is 0 Å². The fourth-order valence-electron chi connectivity index (χ4n) is 2.28. The van der Waals surface area contributed by atoms with E-state index in [4.69, 9.17) is 18.9 Å². The molecule has 0 N–H and O–H groups in total. The molecule has 0 fully saturated rings. The van der Waals surface area contributed by atoms with E-state index in [0.29, 0.717) is 29.4 Å². The van der Waals surface area contributed by atoms with Crippen LogP contribution in [-0.4, -0.2) is 31.8 Å². The third kappa shape index (κ3) is 3.32. The minimum Gasteiger partial charge on any atom is -0.493 e. The summed E-state index contributed by atoms with van der Waals surface area (Å²) < 4.78 is 20.9. The minimum absolute atomic E-state index is 0.135. The average molecular weight is 328 g/mol. The lowest BCUT2D eigenvalue weighted by Gasteiger charge is -2.09. The summed E-state index contributed by atoms with van der Waals surface area (Å²) in [7, 11) is 0. The largest absolute Gasteiger partial charge is 0.493 e. The monoisotopic (exact) mass is 328 g/mol. The number of Topliss-reactive ketones (excluding diaryl/α,β-unsaturated/α-hetero) is 1. The first-order valence-corrected chi connectivity index (χ1v) is 7.51. The maximum Gasteiger partial charge on any atom is 0.342 e. The van der Waals surface area contributed by atoms with Crippen molar-refractivity contribution in [2.45, 2.75) is 6.92 Å². The molecule has 0 amide bonds. The van der Waals surface area contributed by atoms with Gasteiger partial charge in [-0.2, -0.15) is 0 Å². The van der Waals surface area contributed by atoms with E-state index >= 15 is 0 Å². The van der Waals surface area contributed by atoms with E-state index < -0.39 is 5.97 Å². The summed E-state index contributed by atoms with van der Waals surface area (Å²) in [6.45, 7) is 2.03. The lowest BCUT2D eigenvalue weighted by molar-refractivity contribution is 0.0471. The van der Waals surface area contributed by atoms with Gasteiger partial charge in [-0.05, 0) is 37.3 Å². The van der Waals surface area contributed by atoms with Crippen LogP contribution in [0.25, 0.3) is 0 Å². The van der Waals surface area contributed by atoms with Crippen LogP contribution >= 0.6 is 0 Å². The van der Waals surface area contributed by atoms with Crippen LogP contribution in [0.2, 0.25) is 0 Å². The van der Waals surface area contributed by atoms with Crippen molar-refractivity contribution in [1.29, 1.82) is 0 Å². The second-order valence-corrected chi connectivity index (χ2v) is 5.00. The lowest BCUT2D eigenvalue weighted by atomic mass is 10.1. The van der Waals surface area contributed by atoms with Gasteiger partial charge < -0.3 is 18.9 Å². The zero-order chi connectivity index (χ0) is 16.9. The number of ether oxygens (including phenoxy) is 4. The van der Waals surface area contributed by atoms with E-state index in [1.807, 2.05) is 6.92 Å². The molecule has 124 valence electrons. The molecule has 0 atom stereocenters. The van der Waals surface area contributed by atoms with Crippen LogP contribution in [0.3, 0.4) is 0 Å². The van der Waals surface area contributed by atoms with Crippen molar-refractivity contribution in [3.05, 3.63) is 53.6 Å². The average Bonchev–Trinajstić information content (AvgIpc) is 3.08. The molecule has 6 heteroatoms. The van der Waals surface area contributed by atoms with Gasteiger partial charge in [-0.25, -0.2) is 4.79 Å². The maximum atomic E-state index is 12.2. The van der Waals surface area contributed by atoms with Crippen LogP contribution in [0, 0.1) is 0 Å². The topological polar surface area (TPSA) is 71.1 Å². The summed E-state index contributed by atoms with van der Waals surface area (Å²) in [6.07, 6.45) is 0. The van der Waals surface area contributed by atoms with Crippen LogP contribution < -0.4 is 14.2 Å². The summed E-state index contributed by atoms with van der Waals surface area (Å²) in [6, 6.07) is 11.6. The van der Waals surface area contributed by atoms with Crippen molar-refractivity contribution < 1.29 is 28.5 Å². The van der Waals surface area contributed by atoms with E-state index in [-0.39, 0.29) is 24.7 Å². The molecular weight excluding hydrogens is 312 g/mol. The van der Waals surface area contributed by atoms with E-state index in [1.54, 1.807) is 42.5 Å². The zero-order valence-electron chi connectivity index (χ0n) is 13.1. The highest BCUT2D eigenvalue weighted by molar-refractivity contribution is 6.00. The predicted molar refractivity (Wildman–Crippen MR) is 84.8 cm³/mol. The van der Waals surface area contributed by atoms with Gasteiger partial charge in [0.25, 0.3) is 0 Å². The van der Waals surface area contributed by atoms with Crippen molar-refractivity contribution in [3.8, 4) is 17.2 Å². The van der Waals surface area contributed by atoms with E-state index in [9.17, 15) is 9.59 Å². The molecule has 1 aliphatic heterocycles. The first kappa shape index (κ1) is 15.9. The second kappa shape index (κ2) is 7.04. The van der Waals surface area contributed by atoms with Gasteiger partial charge in [-0.15, -0.1) is 0 Å².